The van der Waals surface area contributed by atoms with E-state index in [1.165, 1.54) is 31.4 Å². The number of ether oxygens (including phenoxy) is 1. The zero-order chi connectivity index (χ0) is 13.1. The van der Waals surface area contributed by atoms with Gasteiger partial charge in [-0.2, -0.15) is 0 Å². The monoisotopic (exact) mass is 249 g/mol. The second kappa shape index (κ2) is 5.29. The summed E-state index contributed by atoms with van der Waals surface area (Å²) in [5.41, 5.74) is 6.42. The summed E-state index contributed by atoms with van der Waals surface area (Å²) < 4.78 is 5.92. The van der Waals surface area contributed by atoms with Crippen molar-refractivity contribution < 1.29 is 14.6 Å². The highest BCUT2D eigenvalue weighted by Gasteiger charge is 2.23. The zero-order valence-electron chi connectivity index (χ0n) is 10.6. The van der Waals surface area contributed by atoms with E-state index in [9.17, 15) is 4.79 Å². The van der Waals surface area contributed by atoms with Crippen LogP contribution in [0, 0.1) is 5.92 Å². The Morgan fingerprint density at radius 1 is 1.39 bits per heavy atom. The highest BCUT2D eigenvalue weighted by molar-refractivity contribution is 5.89. The van der Waals surface area contributed by atoms with Crippen LogP contribution in [0.3, 0.4) is 0 Å². The maximum Gasteiger partial charge on any atom is 0.335 e. The first-order valence-electron chi connectivity index (χ1n) is 6.37. The third-order valence-corrected chi connectivity index (χ3v) is 3.57. The van der Waals surface area contributed by atoms with Gasteiger partial charge >= 0.3 is 5.97 Å². The SMILES string of the molecule is CC1CCCCC1Oc1ccc(C(=O)O)cc1N. The predicted octanol–water partition coefficient (Wildman–Crippen LogP) is 2.92. The van der Waals surface area contributed by atoms with E-state index < -0.39 is 5.97 Å². The molecule has 0 aliphatic heterocycles. The third kappa shape index (κ3) is 2.75. The van der Waals surface area contributed by atoms with Crippen LogP contribution in [0.5, 0.6) is 5.75 Å². The quantitative estimate of drug-likeness (QED) is 0.808. The van der Waals surface area contributed by atoms with Crippen LogP contribution in [0.1, 0.15) is 43.0 Å². The number of carboxylic acid groups (broad SMARTS) is 1. The Kier molecular flexibility index (Phi) is 3.75. The van der Waals surface area contributed by atoms with Gasteiger partial charge in [0.05, 0.1) is 11.3 Å². The smallest absolute Gasteiger partial charge is 0.335 e. The second-order valence-electron chi connectivity index (χ2n) is 4.98. The molecular formula is C14H19NO3. The van der Waals surface area contributed by atoms with E-state index in [-0.39, 0.29) is 11.7 Å². The van der Waals surface area contributed by atoms with Gasteiger partial charge in [-0.1, -0.05) is 13.3 Å². The highest BCUT2D eigenvalue weighted by atomic mass is 16.5. The summed E-state index contributed by atoms with van der Waals surface area (Å²) >= 11 is 0. The largest absolute Gasteiger partial charge is 0.488 e. The molecule has 0 radical (unpaired) electrons. The molecule has 1 saturated carbocycles. The molecule has 4 heteroatoms. The first kappa shape index (κ1) is 12.7. The average Bonchev–Trinajstić information content (AvgIpc) is 2.34. The third-order valence-electron chi connectivity index (χ3n) is 3.57. The maximum absolute atomic E-state index is 10.8. The fourth-order valence-electron chi connectivity index (χ4n) is 2.41. The number of anilines is 1. The lowest BCUT2D eigenvalue weighted by Crippen LogP contribution is -2.28. The van der Waals surface area contributed by atoms with Gasteiger partial charge in [0.1, 0.15) is 11.9 Å². The molecule has 18 heavy (non-hydrogen) atoms. The van der Waals surface area contributed by atoms with E-state index in [0.29, 0.717) is 17.4 Å². The highest BCUT2D eigenvalue weighted by Crippen LogP contribution is 2.31. The molecule has 1 aromatic rings. The molecule has 4 nitrogen and oxygen atoms in total. The number of nitrogen functional groups attached to an aromatic ring is 1. The standard InChI is InChI=1S/C14H19NO3/c1-9-4-2-3-5-12(9)18-13-7-6-10(14(16)17)8-11(13)15/h6-9,12H,2-5,15H2,1H3,(H,16,17). The lowest BCUT2D eigenvalue weighted by Gasteiger charge is -2.29. The number of hydrogen-bond donors (Lipinski definition) is 2. The van der Waals surface area contributed by atoms with Gasteiger partial charge in [0, 0.05) is 0 Å². The summed E-state index contributed by atoms with van der Waals surface area (Å²) in [5.74, 6) is 0.148. The minimum atomic E-state index is -0.973. The predicted molar refractivity (Wildman–Crippen MR) is 69.9 cm³/mol. The van der Waals surface area contributed by atoms with E-state index in [1.54, 1.807) is 6.07 Å². The number of hydrogen-bond acceptors (Lipinski definition) is 3. The molecule has 1 aliphatic rings. The summed E-state index contributed by atoms with van der Waals surface area (Å²) in [6.45, 7) is 2.19. The number of aromatic carboxylic acids is 1. The molecule has 0 spiro atoms. The van der Waals surface area contributed by atoms with E-state index in [1.807, 2.05) is 0 Å². The Morgan fingerprint density at radius 3 is 2.72 bits per heavy atom. The van der Waals surface area contributed by atoms with E-state index >= 15 is 0 Å². The number of carboxylic acids is 1. The molecule has 0 bridgehead atoms. The molecule has 2 unspecified atom stereocenters. The Hall–Kier alpha value is -1.71. The van der Waals surface area contributed by atoms with Crippen LogP contribution in [0.25, 0.3) is 0 Å². The summed E-state index contributed by atoms with van der Waals surface area (Å²) in [5, 5.41) is 8.87. The van der Waals surface area contributed by atoms with Crippen molar-refractivity contribution in [3.05, 3.63) is 23.8 Å². The van der Waals surface area contributed by atoms with Crippen LogP contribution in [-0.4, -0.2) is 17.2 Å². The van der Waals surface area contributed by atoms with E-state index in [2.05, 4.69) is 6.92 Å². The van der Waals surface area contributed by atoms with Crippen LogP contribution in [0.2, 0.25) is 0 Å². The Bertz CT molecular complexity index is 445. The summed E-state index contributed by atoms with van der Waals surface area (Å²) in [7, 11) is 0. The van der Waals surface area contributed by atoms with Crippen molar-refractivity contribution >= 4 is 11.7 Å². The zero-order valence-corrected chi connectivity index (χ0v) is 10.6. The average molecular weight is 249 g/mol. The Morgan fingerprint density at radius 2 is 2.11 bits per heavy atom. The summed E-state index contributed by atoms with van der Waals surface area (Å²) in [4.78, 5) is 10.8. The second-order valence-corrected chi connectivity index (χ2v) is 4.98. The van der Waals surface area contributed by atoms with Crippen molar-refractivity contribution in [1.29, 1.82) is 0 Å². The molecule has 3 N–H and O–H groups in total. The van der Waals surface area contributed by atoms with Crippen molar-refractivity contribution in [2.24, 2.45) is 5.92 Å². The number of rotatable bonds is 3. The van der Waals surface area contributed by atoms with Crippen molar-refractivity contribution in [3.8, 4) is 5.75 Å². The summed E-state index contributed by atoms with van der Waals surface area (Å²) in [6.07, 6.45) is 4.85. The summed E-state index contributed by atoms with van der Waals surface area (Å²) in [6, 6.07) is 4.63. The van der Waals surface area contributed by atoms with Crippen LogP contribution in [0.4, 0.5) is 5.69 Å². The normalized spacial score (nSPS) is 23.6. The van der Waals surface area contributed by atoms with Gasteiger partial charge in [-0.25, -0.2) is 4.79 Å². The molecule has 0 amide bonds. The molecule has 1 fully saturated rings. The molecule has 98 valence electrons. The van der Waals surface area contributed by atoms with Crippen LogP contribution < -0.4 is 10.5 Å². The lowest BCUT2D eigenvalue weighted by molar-refractivity contribution is 0.0696. The molecule has 1 aliphatic carbocycles. The minimum Gasteiger partial charge on any atom is -0.488 e. The molecule has 1 aromatic carbocycles. The molecule has 0 saturated heterocycles. The fourth-order valence-corrected chi connectivity index (χ4v) is 2.41. The Balaban J connectivity index is 2.11. The number of benzene rings is 1. The van der Waals surface area contributed by atoms with Gasteiger partial charge < -0.3 is 15.6 Å². The Labute approximate surface area is 107 Å². The topological polar surface area (TPSA) is 72.5 Å². The molecule has 0 aromatic heterocycles. The van der Waals surface area contributed by atoms with Crippen LogP contribution in [0.15, 0.2) is 18.2 Å². The van der Waals surface area contributed by atoms with Gasteiger partial charge in [-0.15, -0.1) is 0 Å². The van der Waals surface area contributed by atoms with E-state index in [0.717, 1.165) is 6.42 Å². The van der Waals surface area contributed by atoms with Crippen molar-refractivity contribution in [3.63, 3.8) is 0 Å². The van der Waals surface area contributed by atoms with E-state index in [4.69, 9.17) is 15.6 Å². The van der Waals surface area contributed by atoms with Gasteiger partial charge in [0.15, 0.2) is 0 Å². The first-order valence-corrected chi connectivity index (χ1v) is 6.37. The molecule has 2 rings (SSSR count). The van der Waals surface area contributed by atoms with Gasteiger partial charge in [0.25, 0.3) is 0 Å². The lowest BCUT2D eigenvalue weighted by atomic mass is 9.88. The van der Waals surface area contributed by atoms with Crippen molar-refractivity contribution in [2.75, 3.05) is 5.73 Å². The first-order chi connectivity index (χ1) is 8.58. The molecule has 2 atom stereocenters. The fraction of sp³-hybridized carbons (Fsp3) is 0.500. The van der Waals surface area contributed by atoms with Crippen molar-refractivity contribution in [1.82, 2.24) is 0 Å². The van der Waals surface area contributed by atoms with Crippen molar-refractivity contribution in [2.45, 2.75) is 38.7 Å². The molecule has 0 heterocycles. The van der Waals surface area contributed by atoms with Gasteiger partial charge in [-0.05, 0) is 43.4 Å². The van der Waals surface area contributed by atoms with Crippen LogP contribution >= 0.6 is 0 Å². The minimum absolute atomic E-state index is 0.191. The maximum atomic E-state index is 10.8. The number of nitrogens with two attached hydrogens (primary N) is 1. The number of carbonyl (C=O) groups is 1. The van der Waals surface area contributed by atoms with Gasteiger partial charge in [0.2, 0.25) is 0 Å². The molecular weight excluding hydrogens is 230 g/mol. The van der Waals surface area contributed by atoms with Gasteiger partial charge in [-0.3, -0.25) is 0 Å². The van der Waals surface area contributed by atoms with Crippen LogP contribution in [-0.2, 0) is 0 Å².